The second-order valence-corrected chi connectivity index (χ2v) is 2.90. The molecule has 1 rings (SSSR count). The largest absolute Gasteiger partial charge is 0.508 e. The molecule has 11 heavy (non-hydrogen) atoms. The molecule has 0 fully saturated rings. The molecule has 0 aliphatic carbocycles. The van der Waals surface area contributed by atoms with Crippen molar-refractivity contribution < 1.29 is 9.90 Å². The van der Waals surface area contributed by atoms with Gasteiger partial charge in [-0.3, -0.25) is 4.79 Å². The van der Waals surface area contributed by atoms with Crippen LogP contribution in [0, 0.1) is 0 Å². The lowest BCUT2D eigenvalue weighted by atomic mass is 9.91. The third-order valence-corrected chi connectivity index (χ3v) is 1.92. The van der Waals surface area contributed by atoms with Crippen LogP contribution in [0.3, 0.4) is 0 Å². The molecule has 0 aromatic heterocycles. The van der Waals surface area contributed by atoms with E-state index in [4.69, 9.17) is 13.0 Å². The van der Waals surface area contributed by atoms with Gasteiger partial charge in [-0.2, -0.15) is 0 Å². The van der Waals surface area contributed by atoms with E-state index in [9.17, 15) is 4.79 Å². The van der Waals surface area contributed by atoms with Crippen molar-refractivity contribution in [1.82, 2.24) is 0 Å². The molecule has 2 nitrogen and oxygen atoms in total. The summed E-state index contributed by atoms with van der Waals surface area (Å²) >= 11 is 3.09. The van der Waals surface area contributed by atoms with Crippen LogP contribution >= 0.6 is 15.9 Å². The first-order valence-electron chi connectivity index (χ1n) is 2.88. The molecule has 0 heterocycles. The first kappa shape index (κ1) is 8.33. The van der Waals surface area contributed by atoms with Crippen molar-refractivity contribution in [2.24, 2.45) is 0 Å². The highest BCUT2D eigenvalue weighted by Crippen LogP contribution is 2.18. The maximum absolute atomic E-state index is 10.4. The minimum atomic E-state index is 0.0416. The zero-order valence-electron chi connectivity index (χ0n) is 5.54. The number of aromatic hydroxyl groups is 1. The van der Waals surface area contributed by atoms with Crippen molar-refractivity contribution in [3.8, 4) is 5.75 Å². The van der Waals surface area contributed by atoms with Crippen LogP contribution in [0.1, 0.15) is 10.4 Å². The molecular weight excluding hydrogens is 207 g/mol. The minimum absolute atomic E-state index is 0.0416. The Bertz CT molecular complexity index is 275. The molecule has 0 amide bonds. The van der Waals surface area contributed by atoms with Crippen LogP contribution in [0.2, 0.25) is 0 Å². The predicted octanol–water partition coefficient (Wildman–Crippen LogP) is 0.761. The summed E-state index contributed by atoms with van der Waals surface area (Å²) in [5.41, 5.74) is 0.634. The Morgan fingerprint density at radius 2 is 2.18 bits per heavy atom. The minimum Gasteiger partial charge on any atom is -0.508 e. The molecule has 0 aliphatic heterocycles. The lowest BCUT2D eigenvalue weighted by molar-refractivity contribution is 0.112. The quantitative estimate of drug-likeness (QED) is 0.549. The number of phenolic OH excluding ortho intramolecular Hbond substituents is 1. The Labute approximate surface area is 73.8 Å². The molecule has 0 bridgehead atoms. The number of hydrogen-bond acceptors (Lipinski definition) is 2. The summed E-state index contributed by atoms with van der Waals surface area (Å²) in [5, 5.41) is 8.99. The van der Waals surface area contributed by atoms with Gasteiger partial charge in [0.15, 0.2) is 6.29 Å². The van der Waals surface area contributed by atoms with Gasteiger partial charge in [-0.05, 0) is 28.1 Å². The maximum Gasteiger partial charge on any atom is 0.150 e. The van der Waals surface area contributed by atoms with E-state index in [-0.39, 0.29) is 11.2 Å². The molecule has 0 unspecified atom stereocenters. The predicted molar refractivity (Wildman–Crippen MR) is 46.6 cm³/mol. The smallest absolute Gasteiger partial charge is 0.150 e. The average molecular weight is 211 g/mol. The zero-order valence-corrected chi connectivity index (χ0v) is 7.13. The molecule has 0 saturated heterocycles. The number of carbonyl (C=O) groups excluding carboxylic acids is 1. The number of benzene rings is 1. The number of phenols is 1. The standard InChI is InChI=1S/C7H4BBrO2/c8-6-1-4(11)2-7(9)5(6)3-10/h1-3,11H. The van der Waals surface area contributed by atoms with E-state index in [0.29, 0.717) is 16.3 Å². The molecule has 1 aromatic carbocycles. The van der Waals surface area contributed by atoms with Crippen molar-refractivity contribution in [1.29, 1.82) is 0 Å². The van der Waals surface area contributed by atoms with E-state index >= 15 is 0 Å². The Morgan fingerprint density at radius 1 is 1.55 bits per heavy atom. The Hall–Kier alpha value is -0.765. The van der Waals surface area contributed by atoms with Gasteiger partial charge in [0, 0.05) is 10.0 Å². The molecule has 0 saturated carbocycles. The Kier molecular flexibility index (Phi) is 2.34. The highest BCUT2D eigenvalue weighted by molar-refractivity contribution is 9.10. The van der Waals surface area contributed by atoms with Crippen LogP contribution in [0.15, 0.2) is 16.6 Å². The normalized spacial score (nSPS) is 9.55. The zero-order chi connectivity index (χ0) is 8.43. The lowest BCUT2D eigenvalue weighted by Crippen LogP contribution is -2.09. The number of aldehydes is 1. The van der Waals surface area contributed by atoms with Crippen molar-refractivity contribution in [3.63, 3.8) is 0 Å². The van der Waals surface area contributed by atoms with Crippen LogP contribution in [0.5, 0.6) is 5.75 Å². The first-order chi connectivity index (χ1) is 5.15. The maximum atomic E-state index is 10.4. The molecule has 0 spiro atoms. The molecular formula is C7H4BBrO2. The molecule has 54 valence electrons. The monoisotopic (exact) mass is 210 g/mol. The average Bonchev–Trinajstić information content (AvgIpc) is 1.85. The van der Waals surface area contributed by atoms with Crippen LogP contribution < -0.4 is 5.46 Å². The summed E-state index contributed by atoms with van der Waals surface area (Å²) < 4.78 is 0.505. The van der Waals surface area contributed by atoms with E-state index in [1.165, 1.54) is 12.1 Å². The number of hydrogen-bond donors (Lipinski definition) is 1. The van der Waals surface area contributed by atoms with Crippen LogP contribution in [0.4, 0.5) is 0 Å². The van der Waals surface area contributed by atoms with E-state index in [1.807, 2.05) is 0 Å². The van der Waals surface area contributed by atoms with Gasteiger partial charge in [0.25, 0.3) is 0 Å². The van der Waals surface area contributed by atoms with Crippen molar-refractivity contribution >= 4 is 35.5 Å². The SMILES string of the molecule is [B]c1cc(O)cc(Br)c1C=O. The highest BCUT2D eigenvalue weighted by Gasteiger charge is 2.02. The topological polar surface area (TPSA) is 37.3 Å². The number of halogens is 1. The molecule has 4 heteroatoms. The van der Waals surface area contributed by atoms with Gasteiger partial charge < -0.3 is 5.11 Å². The Balaban J connectivity index is 3.36. The van der Waals surface area contributed by atoms with Gasteiger partial charge in [0.2, 0.25) is 0 Å². The van der Waals surface area contributed by atoms with E-state index < -0.39 is 0 Å². The van der Waals surface area contributed by atoms with Gasteiger partial charge in [-0.1, -0.05) is 5.46 Å². The number of rotatable bonds is 1. The third-order valence-electron chi connectivity index (χ3n) is 1.26. The second-order valence-electron chi connectivity index (χ2n) is 2.05. The molecule has 1 N–H and O–H groups in total. The fourth-order valence-corrected chi connectivity index (χ4v) is 1.31. The number of carbonyl (C=O) groups is 1. The first-order valence-corrected chi connectivity index (χ1v) is 3.67. The van der Waals surface area contributed by atoms with Gasteiger partial charge in [-0.25, -0.2) is 0 Å². The van der Waals surface area contributed by atoms with E-state index in [1.54, 1.807) is 0 Å². The lowest BCUT2D eigenvalue weighted by Gasteiger charge is -2.01. The van der Waals surface area contributed by atoms with Gasteiger partial charge >= 0.3 is 0 Å². The van der Waals surface area contributed by atoms with Gasteiger partial charge in [0.05, 0.1) is 0 Å². The molecule has 0 atom stereocenters. The van der Waals surface area contributed by atoms with Crippen LogP contribution in [-0.2, 0) is 0 Å². The van der Waals surface area contributed by atoms with Crippen LogP contribution in [0.25, 0.3) is 0 Å². The fourth-order valence-electron chi connectivity index (χ4n) is 0.749. The molecule has 1 aromatic rings. The summed E-state index contributed by atoms with van der Waals surface area (Å²) in [6, 6.07) is 2.74. The third kappa shape index (κ3) is 1.63. The second kappa shape index (κ2) is 3.09. The van der Waals surface area contributed by atoms with E-state index in [0.717, 1.165) is 0 Å². The molecule has 2 radical (unpaired) electrons. The summed E-state index contributed by atoms with van der Waals surface area (Å²) in [6.07, 6.45) is 0.638. The van der Waals surface area contributed by atoms with Crippen molar-refractivity contribution in [2.45, 2.75) is 0 Å². The summed E-state index contributed by atoms with van der Waals surface area (Å²) in [6.45, 7) is 0. The fraction of sp³-hybridized carbons (Fsp3) is 0. The van der Waals surface area contributed by atoms with E-state index in [2.05, 4.69) is 15.9 Å². The van der Waals surface area contributed by atoms with Crippen molar-refractivity contribution in [2.75, 3.05) is 0 Å². The summed E-state index contributed by atoms with van der Waals surface area (Å²) in [4.78, 5) is 10.4. The van der Waals surface area contributed by atoms with Gasteiger partial charge in [-0.15, -0.1) is 0 Å². The van der Waals surface area contributed by atoms with Gasteiger partial charge in [0.1, 0.15) is 13.6 Å². The molecule has 0 aliphatic rings. The highest BCUT2D eigenvalue weighted by atomic mass is 79.9. The Morgan fingerprint density at radius 3 is 2.64 bits per heavy atom. The summed E-state index contributed by atoms with van der Waals surface area (Å²) in [5.74, 6) is 0.0416. The van der Waals surface area contributed by atoms with Crippen LogP contribution in [-0.4, -0.2) is 19.2 Å². The summed E-state index contributed by atoms with van der Waals surface area (Å²) in [7, 11) is 5.41. The van der Waals surface area contributed by atoms with Crippen molar-refractivity contribution in [3.05, 3.63) is 22.2 Å².